The van der Waals surface area contributed by atoms with E-state index in [1.165, 1.54) is 31.3 Å². The third-order valence-corrected chi connectivity index (χ3v) is 3.78. The molecule has 9 heteroatoms. The SMILES string of the molecule is C#CC(CC(COP(O)OC(C)C)OC)N(C=O)/C=C\C(=O)NC. The highest BCUT2D eigenvalue weighted by Crippen LogP contribution is 2.34. The average molecular weight is 360 g/mol. The first kappa shape index (κ1) is 22.5. The molecule has 0 rings (SSSR count). The van der Waals surface area contributed by atoms with Crippen molar-refractivity contribution in [3.05, 3.63) is 12.3 Å². The molecule has 24 heavy (non-hydrogen) atoms. The Hall–Kier alpha value is -1.49. The third kappa shape index (κ3) is 9.60. The lowest BCUT2D eigenvalue weighted by Crippen LogP contribution is -2.34. The molecule has 0 saturated carbocycles. The van der Waals surface area contributed by atoms with Crippen molar-refractivity contribution in [1.82, 2.24) is 10.2 Å². The van der Waals surface area contributed by atoms with Crippen molar-refractivity contribution >= 4 is 20.9 Å². The zero-order valence-corrected chi connectivity index (χ0v) is 15.2. The van der Waals surface area contributed by atoms with Crippen molar-refractivity contribution < 1.29 is 28.3 Å². The van der Waals surface area contributed by atoms with Gasteiger partial charge in [-0.2, -0.15) is 0 Å². The Balaban J connectivity index is 4.68. The molecule has 136 valence electrons. The number of amides is 2. The van der Waals surface area contributed by atoms with Gasteiger partial charge < -0.3 is 28.9 Å². The van der Waals surface area contributed by atoms with E-state index < -0.39 is 20.7 Å². The van der Waals surface area contributed by atoms with Crippen LogP contribution in [0.15, 0.2) is 12.3 Å². The second-order valence-electron chi connectivity index (χ2n) is 4.95. The van der Waals surface area contributed by atoms with Gasteiger partial charge in [0, 0.05) is 32.9 Å². The molecule has 0 aliphatic heterocycles. The Morgan fingerprint density at radius 1 is 1.50 bits per heavy atom. The first-order valence-electron chi connectivity index (χ1n) is 7.28. The number of hydrogen-bond acceptors (Lipinski definition) is 6. The first-order valence-corrected chi connectivity index (χ1v) is 8.41. The van der Waals surface area contributed by atoms with E-state index in [1.54, 1.807) is 13.8 Å². The van der Waals surface area contributed by atoms with Crippen molar-refractivity contribution in [2.45, 2.75) is 38.5 Å². The van der Waals surface area contributed by atoms with Gasteiger partial charge >= 0.3 is 8.60 Å². The molecule has 0 fully saturated rings. The molecule has 2 amide bonds. The van der Waals surface area contributed by atoms with E-state index in [4.69, 9.17) is 20.2 Å². The molecule has 2 N–H and O–H groups in total. The van der Waals surface area contributed by atoms with Crippen LogP contribution in [0.5, 0.6) is 0 Å². The van der Waals surface area contributed by atoms with Crippen molar-refractivity contribution in [1.29, 1.82) is 0 Å². The molecule has 0 aliphatic carbocycles. The van der Waals surface area contributed by atoms with E-state index in [1.807, 2.05) is 0 Å². The molecule has 3 atom stereocenters. The Morgan fingerprint density at radius 2 is 2.17 bits per heavy atom. The number of nitrogens with one attached hydrogen (secondary N) is 1. The molecule has 3 unspecified atom stereocenters. The van der Waals surface area contributed by atoms with E-state index in [0.717, 1.165) is 0 Å². The fraction of sp³-hybridized carbons (Fsp3) is 0.600. The summed E-state index contributed by atoms with van der Waals surface area (Å²) in [4.78, 5) is 33.2. The van der Waals surface area contributed by atoms with Crippen LogP contribution in [0.25, 0.3) is 0 Å². The summed E-state index contributed by atoms with van der Waals surface area (Å²) in [5.41, 5.74) is 0. The van der Waals surface area contributed by atoms with Crippen LogP contribution in [0.1, 0.15) is 20.3 Å². The maximum absolute atomic E-state index is 11.2. The fourth-order valence-corrected chi connectivity index (χ4v) is 2.28. The Kier molecular flexibility index (Phi) is 12.1. The Morgan fingerprint density at radius 3 is 2.62 bits per heavy atom. The number of methoxy groups -OCH3 is 1. The molecule has 0 aromatic carbocycles. The smallest absolute Gasteiger partial charge is 0.330 e. The summed E-state index contributed by atoms with van der Waals surface area (Å²) in [5, 5.41) is 2.40. The highest BCUT2D eigenvalue weighted by atomic mass is 31.2. The summed E-state index contributed by atoms with van der Waals surface area (Å²) in [5.74, 6) is 2.11. The van der Waals surface area contributed by atoms with E-state index in [2.05, 4.69) is 11.2 Å². The molecule has 0 radical (unpaired) electrons. The number of hydrogen-bond donors (Lipinski definition) is 2. The predicted octanol–water partition coefficient (Wildman–Crippen LogP) is 0.772. The topological polar surface area (TPSA) is 97.3 Å². The highest BCUT2D eigenvalue weighted by Gasteiger charge is 2.21. The third-order valence-electron chi connectivity index (χ3n) is 2.81. The standard InChI is InChI=1S/C15H25N2O6P/c1-6-13(17(11-18)8-7-15(19)16-4)9-14(21-5)10-22-24(20)23-12(2)3/h1,7-8,11-14,20H,9-10H2,2-5H3,(H,16,19)/b8-7-. The lowest BCUT2D eigenvalue weighted by Gasteiger charge is -2.25. The maximum atomic E-state index is 11.2. The molecule has 0 bridgehead atoms. The molecule has 0 aliphatic rings. The Labute approximate surface area is 144 Å². The van der Waals surface area contributed by atoms with Crippen LogP contribution in [-0.4, -0.2) is 61.1 Å². The largest absolute Gasteiger partial charge is 0.379 e. The van der Waals surface area contributed by atoms with Crippen LogP contribution in [0.2, 0.25) is 0 Å². The number of terminal acetylenes is 1. The van der Waals surface area contributed by atoms with Crippen LogP contribution in [0.3, 0.4) is 0 Å². The minimum atomic E-state index is -2.01. The van der Waals surface area contributed by atoms with Crippen LogP contribution >= 0.6 is 8.60 Å². The lowest BCUT2D eigenvalue weighted by atomic mass is 10.1. The number of rotatable bonds is 12. The highest BCUT2D eigenvalue weighted by molar-refractivity contribution is 7.40. The zero-order chi connectivity index (χ0) is 18.5. The van der Waals surface area contributed by atoms with Gasteiger partial charge in [0.2, 0.25) is 12.3 Å². The Bertz CT molecular complexity index is 452. The molecule has 8 nitrogen and oxygen atoms in total. The normalized spacial score (nSPS) is 14.9. The summed E-state index contributed by atoms with van der Waals surface area (Å²) >= 11 is 0. The van der Waals surface area contributed by atoms with Gasteiger partial charge in [0.15, 0.2) is 0 Å². The lowest BCUT2D eigenvalue weighted by molar-refractivity contribution is -0.117. The summed E-state index contributed by atoms with van der Waals surface area (Å²) in [6, 6.07) is -0.632. The number of carbonyl (C=O) groups is 2. The number of likely N-dealkylation sites (N-methyl/N-ethyl adjacent to an activating group) is 1. The first-order chi connectivity index (χ1) is 11.4. The number of ether oxygens (including phenoxy) is 1. The molecule has 0 saturated heterocycles. The second-order valence-corrected chi connectivity index (χ2v) is 5.89. The van der Waals surface area contributed by atoms with Gasteiger partial charge in [0.05, 0.1) is 24.9 Å². The van der Waals surface area contributed by atoms with Gasteiger partial charge in [0.25, 0.3) is 0 Å². The second kappa shape index (κ2) is 12.9. The van der Waals surface area contributed by atoms with Gasteiger partial charge in [0.1, 0.15) is 0 Å². The fourth-order valence-electron chi connectivity index (χ4n) is 1.56. The molecule has 0 aromatic heterocycles. The van der Waals surface area contributed by atoms with Gasteiger partial charge in [-0.3, -0.25) is 9.59 Å². The number of nitrogens with zero attached hydrogens (tertiary/aromatic N) is 1. The molecule has 0 heterocycles. The monoisotopic (exact) mass is 360 g/mol. The maximum Gasteiger partial charge on any atom is 0.330 e. The number of carbonyl (C=O) groups excluding carboxylic acids is 2. The molecular formula is C15H25N2O6P. The van der Waals surface area contributed by atoms with Crippen molar-refractivity contribution in [2.24, 2.45) is 0 Å². The summed E-state index contributed by atoms with van der Waals surface area (Å²) in [6.07, 6.45) is 8.11. The molecule has 0 spiro atoms. The zero-order valence-electron chi connectivity index (χ0n) is 14.3. The quantitative estimate of drug-likeness (QED) is 0.231. The predicted molar refractivity (Wildman–Crippen MR) is 90.5 cm³/mol. The van der Waals surface area contributed by atoms with E-state index in [0.29, 0.717) is 6.41 Å². The summed E-state index contributed by atoms with van der Waals surface area (Å²) < 4.78 is 15.6. The molecular weight excluding hydrogens is 335 g/mol. The van der Waals surface area contributed by atoms with Crippen molar-refractivity contribution in [2.75, 3.05) is 20.8 Å². The van der Waals surface area contributed by atoms with Gasteiger partial charge in [-0.05, 0) is 13.8 Å². The van der Waals surface area contributed by atoms with E-state index >= 15 is 0 Å². The molecule has 0 aromatic rings. The van der Waals surface area contributed by atoms with Crippen LogP contribution in [-0.2, 0) is 23.4 Å². The van der Waals surface area contributed by atoms with Crippen LogP contribution in [0.4, 0.5) is 0 Å². The van der Waals surface area contributed by atoms with Gasteiger partial charge in [-0.25, -0.2) is 0 Å². The minimum absolute atomic E-state index is 0.0511. The van der Waals surface area contributed by atoms with Crippen molar-refractivity contribution in [3.8, 4) is 12.3 Å². The van der Waals surface area contributed by atoms with Gasteiger partial charge in [-0.1, -0.05) is 5.92 Å². The summed E-state index contributed by atoms with van der Waals surface area (Å²) in [6.45, 7) is 3.60. The van der Waals surface area contributed by atoms with E-state index in [-0.39, 0.29) is 25.0 Å². The van der Waals surface area contributed by atoms with E-state index in [9.17, 15) is 14.5 Å². The minimum Gasteiger partial charge on any atom is -0.379 e. The van der Waals surface area contributed by atoms with Crippen LogP contribution in [0, 0.1) is 12.3 Å². The van der Waals surface area contributed by atoms with Crippen LogP contribution < -0.4 is 5.32 Å². The van der Waals surface area contributed by atoms with Gasteiger partial charge in [-0.15, -0.1) is 6.42 Å². The summed E-state index contributed by atoms with van der Waals surface area (Å²) in [7, 11) is 0.936. The average Bonchev–Trinajstić information content (AvgIpc) is 2.55. The van der Waals surface area contributed by atoms with Crippen molar-refractivity contribution in [3.63, 3.8) is 0 Å².